The predicted octanol–water partition coefficient (Wildman–Crippen LogP) is 3.24. The van der Waals surface area contributed by atoms with Crippen LogP contribution < -0.4 is 0 Å². The molecule has 1 heterocycles. The molecule has 1 aromatic heterocycles. The summed E-state index contributed by atoms with van der Waals surface area (Å²) >= 11 is 0. The standard InChI is InChI=1S/C12H7F3N2O.C2H6O/c13-12(14,15)10-3-2-8(7-18)6-9(10)11-16-4-1-5-17-11;1-3-2/h1-7H;1-2H3. The number of aldehydes is 1. The number of aromatic nitrogens is 2. The molecule has 7 heteroatoms. The fourth-order valence-corrected chi connectivity index (χ4v) is 1.51. The zero-order valence-electron chi connectivity index (χ0n) is 11.4. The molecule has 112 valence electrons. The molecule has 1 aromatic carbocycles. The first-order valence-corrected chi connectivity index (χ1v) is 5.78. The van der Waals surface area contributed by atoms with E-state index in [1.807, 2.05) is 0 Å². The molecule has 0 radical (unpaired) electrons. The lowest BCUT2D eigenvalue weighted by Gasteiger charge is -2.12. The highest BCUT2D eigenvalue weighted by Gasteiger charge is 2.34. The Kier molecular flexibility index (Phi) is 5.98. The van der Waals surface area contributed by atoms with Crippen molar-refractivity contribution in [3.63, 3.8) is 0 Å². The Bertz CT molecular complexity index is 587. The average molecular weight is 298 g/mol. The second kappa shape index (κ2) is 7.49. The van der Waals surface area contributed by atoms with Gasteiger partial charge in [-0.05, 0) is 18.2 Å². The number of halogens is 3. The second-order valence-electron chi connectivity index (χ2n) is 3.90. The van der Waals surface area contributed by atoms with E-state index in [0.717, 1.165) is 18.2 Å². The predicted molar refractivity (Wildman–Crippen MR) is 70.8 cm³/mol. The molecule has 0 unspecified atom stereocenters. The highest BCUT2D eigenvalue weighted by Crippen LogP contribution is 2.36. The van der Waals surface area contributed by atoms with Crippen molar-refractivity contribution in [2.45, 2.75) is 6.18 Å². The Balaban J connectivity index is 0.000000677. The number of carbonyl (C=O) groups excluding carboxylic acids is 1. The molecule has 21 heavy (non-hydrogen) atoms. The summed E-state index contributed by atoms with van der Waals surface area (Å²) < 4.78 is 42.7. The van der Waals surface area contributed by atoms with Gasteiger partial charge >= 0.3 is 6.18 Å². The van der Waals surface area contributed by atoms with Crippen molar-refractivity contribution >= 4 is 6.29 Å². The summed E-state index contributed by atoms with van der Waals surface area (Å²) in [6.45, 7) is 0. The highest BCUT2D eigenvalue weighted by atomic mass is 19.4. The minimum Gasteiger partial charge on any atom is -0.388 e. The second-order valence-corrected chi connectivity index (χ2v) is 3.90. The number of carbonyl (C=O) groups is 1. The Hall–Kier alpha value is -2.28. The van der Waals surface area contributed by atoms with Crippen LogP contribution in [0.4, 0.5) is 13.2 Å². The van der Waals surface area contributed by atoms with Gasteiger partial charge in [0, 0.05) is 37.7 Å². The van der Waals surface area contributed by atoms with Gasteiger partial charge in [0.15, 0.2) is 5.82 Å². The summed E-state index contributed by atoms with van der Waals surface area (Å²) in [5.41, 5.74) is -0.919. The average Bonchev–Trinajstić information content (AvgIpc) is 2.47. The van der Waals surface area contributed by atoms with E-state index in [4.69, 9.17) is 0 Å². The van der Waals surface area contributed by atoms with Gasteiger partial charge in [-0.2, -0.15) is 13.2 Å². The number of hydrogen-bond donors (Lipinski definition) is 0. The number of ether oxygens (including phenoxy) is 1. The Morgan fingerprint density at radius 2 is 1.71 bits per heavy atom. The summed E-state index contributed by atoms with van der Waals surface area (Å²) in [5.74, 6) is -0.0616. The van der Waals surface area contributed by atoms with Crippen molar-refractivity contribution in [2.75, 3.05) is 14.2 Å². The summed E-state index contributed by atoms with van der Waals surface area (Å²) in [4.78, 5) is 18.2. The van der Waals surface area contributed by atoms with Crippen LogP contribution in [-0.4, -0.2) is 30.5 Å². The van der Waals surface area contributed by atoms with Gasteiger partial charge in [0.1, 0.15) is 6.29 Å². The van der Waals surface area contributed by atoms with Crippen LogP contribution in [0.1, 0.15) is 15.9 Å². The first kappa shape index (κ1) is 16.8. The fourth-order valence-electron chi connectivity index (χ4n) is 1.51. The van der Waals surface area contributed by atoms with Gasteiger partial charge < -0.3 is 4.74 Å². The monoisotopic (exact) mass is 298 g/mol. The largest absolute Gasteiger partial charge is 0.417 e. The number of hydrogen-bond acceptors (Lipinski definition) is 4. The molecule has 0 amide bonds. The lowest BCUT2D eigenvalue weighted by atomic mass is 10.0. The number of nitrogens with zero attached hydrogens (tertiary/aromatic N) is 2. The van der Waals surface area contributed by atoms with Gasteiger partial charge in [-0.25, -0.2) is 9.97 Å². The van der Waals surface area contributed by atoms with Crippen LogP contribution in [0, 0.1) is 0 Å². The lowest BCUT2D eigenvalue weighted by Crippen LogP contribution is -2.08. The zero-order valence-corrected chi connectivity index (χ0v) is 11.4. The molecule has 0 bridgehead atoms. The molecule has 4 nitrogen and oxygen atoms in total. The third-order valence-electron chi connectivity index (χ3n) is 2.29. The SMILES string of the molecule is COC.O=Cc1ccc(C(F)(F)F)c(-c2ncccn2)c1. The summed E-state index contributed by atoms with van der Waals surface area (Å²) in [7, 11) is 3.25. The molecule has 0 aliphatic carbocycles. The van der Waals surface area contributed by atoms with Crippen LogP contribution in [0.15, 0.2) is 36.7 Å². The molecule has 0 spiro atoms. The molecule has 0 atom stereocenters. The highest BCUT2D eigenvalue weighted by molar-refractivity contribution is 5.79. The van der Waals surface area contributed by atoms with Gasteiger partial charge in [0.05, 0.1) is 5.56 Å². The van der Waals surface area contributed by atoms with Crippen molar-refractivity contribution in [1.29, 1.82) is 0 Å². The smallest absolute Gasteiger partial charge is 0.388 e. The quantitative estimate of drug-likeness (QED) is 0.799. The summed E-state index contributed by atoms with van der Waals surface area (Å²) in [5, 5.41) is 0. The van der Waals surface area contributed by atoms with E-state index in [2.05, 4.69) is 14.7 Å². The topological polar surface area (TPSA) is 52.1 Å². The Labute approximate surface area is 119 Å². The van der Waals surface area contributed by atoms with Crippen LogP contribution >= 0.6 is 0 Å². The normalized spacial score (nSPS) is 10.5. The maximum Gasteiger partial charge on any atom is 0.417 e. The van der Waals surface area contributed by atoms with E-state index in [1.54, 1.807) is 14.2 Å². The molecule has 0 aliphatic rings. The van der Waals surface area contributed by atoms with Crippen LogP contribution in [0.25, 0.3) is 11.4 Å². The molecule has 2 rings (SSSR count). The van der Waals surface area contributed by atoms with Crippen molar-refractivity contribution in [1.82, 2.24) is 9.97 Å². The van der Waals surface area contributed by atoms with E-state index in [-0.39, 0.29) is 17.0 Å². The van der Waals surface area contributed by atoms with Crippen molar-refractivity contribution in [3.05, 3.63) is 47.8 Å². The van der Waals surface area contributed by atoms with Crippen molar-refractivity contribution < 1.29 is 22.7 Å². The zero-order chi connectivity index (χ0) is 15.9. The molecule has 0 fully saturated rings. The molecule has 2 aromatic rings. The third-order valence-corrected chi connectivity index (χ3v) is 2.29. The lowest BCUT2D eigenvalue weighted by molar-refractivity contribution is -0.137. The number of methoxy groups -OCH3 is 1. The van der Waals surface area contributed by atoms with Crippen molar-refractivity contribution in [3.8, 4) is 11.4 Å². The van der Waals surface area contributed by atoms with Crippen molar-refractivity contribution in [2.24, 2.45) is 0 Å². The fraction of sp³-hybridized carbons (Fsp3) is 0.214. The molecule has 0 saturated carbocycles. The van der Waals surface area contributed by atoms with E-state index < -0.39 is 11.7 Å². The summed E-state index contributed by atoms with van der Waals surface area (Å²) in [6.07, 6.45) is -1.35. The maximum atomic E-state index is 12.8. The van der Waals surface area contributed by atoms with Gasteiger partial charge in [-0.15, -0.1) is 0 Å². The summed E-state index contributed by atoms with van der Waals surface area (Å²) in [6, 6.07) is 4.60. The molecular weight excluding hydrogens is 285 g/mol. The van der Waals surface area contributed by atoms with Gasteiger partial charge in [-0.3, -0.25) is 4.79 Å². The van der Waals surface area contributed by atoms with Crippen LogP contribution in [0.3, 0.4) is 0 Å². The van der Waals surface area contributed by atoms with E-state index in [0.29, 0.717) is 6.29 Å². The first-order valence-electron chi connectivity index (χ1n) is 5.78. The first-order chi connectivity index (χ1) is 9.93. The minimum atomic E-state index is -4.52. The molecule has 0 aliphatic heterocycles. The van der Waals surface area contributed by atoms with E-state index in [1.165, 1.54) is 18.5 Å². The molecule has 0 N–H and O–H groups in total. The number of benzene rings is 1. The minimum absolute atomic E-state index is 0.0616. The maximum absolute atomic E-state index is 12.8. The Morgan fingerprint density at radius 3 is 2.19 bits per heavy atom. The van der Waals surface area contributed by atoms with Gasteiger partial charge in [0.25, 0.3) is 0 Å². The van der Waals surface area contributed by atoms with Crippen LogP contribution in [-0.2, 0) is 10.9 Å². The van der Waals surface area contributed by atoms with E-state index in [9.17, 15) is 18.0 Å². The van der Waals surface area contributed by atoms with Crippen LogP contribution in [0.5, 0.6) is 0 Å². The van der Waals surface area contributed by atoms with Gasteiger partial charge in [-0.1, -0.05) is 6.07 Å². The Morgan fingerprint density at radius 1 is 1.14 bits per heavy atom. The molecule has 0 saturated heterocycles. The van der Waals surface area contributed by atoms with Gasteiger partial charge in [0.2, 0.25) is 0 Å². The van der Waals surface area contributed by atoms with Crippen LogP contribution in [0.2, 0.25) is 0 Å². The number of alkyl halides is 3. The number of rotatable bonds is 2. The third kappa shape index (κ3) is 4.64. The molecular formula is C14H13F3N2O2. The van der Waals surface area contributed by atoms with E-state index >= 15 is 0 Å².